The molecule has 0 radical (unpaired) electrons. The van der Waals surface area contributed by atoms with E-state index < -0.39 is 0 Å². The van der Waals surface area contributed by atoms with Gasteiger partial charge in [0.1, 0.15) is 0 Å². The summed E-state index contributed by atoms with van der Waals surface area (Å²) in [6.45, 7) is 0.685. The molecule has 0 spiro atoms. The summed E-state index contributed by atoms with van der Waals surface area (Å²) < 4.78 is 3.17. The van der Waals surface area contributed by atoms with Gasteiger partial charge in [0.25, 0.3) is 5.91 Å². The van der Waals surface area contributed by atoms with Crippen molar-refractivity contribution in [2.24, 2.45) is 0 Å². The van der Waals surface area contributed by atoms with Crippen molar-refractivity contribution in [2.45, 2.75) is 25.4 Å². The largest absolute Gasteiger partial charge is 0.350 e. The highest BCUT2D eigenvalue weighted by atomic mass is 32.1. The Balaban J connectivity index is 1.52. The van der Waals surface area contributed by atoms with E-state index >= 15 is 0 Å². The first-order valence-corrected chi connectivity index (χ1v) is 9.08. The van der Waals surface area contributed by atoms with Gasteiger partial charge in [0.15, 0.2) is 5.82 Å². The van der Waals surface area contributed by atoms with Crippen molar-refractivity contribution in [3.63, 3.8) is 0 Å². The van der Waals surface area contributed by atoms with E-state index in [1.807, 2.05) is 17.5 Å². The van der Waals surface area contributed by atoms with Crippen LogP contribution in [0.15, 0.2) is 46.1 Å². The predicted molar refractivity (Wildman–Crippen MR) is 94.6 cm³/mol. The van der Waals surface area contributed by atoms with E-state index in [0.29, 0.717) is 24.5 Å². The third kappa shape index (κ3) is 3.25. The standard InChI is InChI=1S/C17H17N5O2S/c23-16(13-5-9-25-11-13)19-7-8-21-17(24)22(14-3-4-14)15(20-21)12-2-1-6-18-10-12/h1-2,5-6,9-11,14H,3-4,7-8H2,(H,19,23). The predicted octanol–water partition coefficient (Wildman–Crippen LogP) is 1.93. The van der Waals surface area contributed by atoms with Gasteiger partial charge < -0.3 is 5.32 Å². The summed E-state index contributed by atoms with van der Waals surface area (Å²) in [7, 11) is 0. The quantitative estimate of drug-likeness (QED) is 0.732. The van der Waals surface area contributed by atoms with Gasteiger partial charge in [-0.1, -0.05) is 0 Å². The molecule has 3 aromatic rings. The second-order valence-corrected chi connectivity index (χ2v) is 6.72. The molecule has 1 N–H and O–H groups in total. The Hall–Kier alpha value is -2.74. The molecule has 1 fully saturated rings. The van der Waals surface area contributed by atoms with Crippen molar-refractivity contribution < 1.29 is 4.79 Å². The normalized spacial score (nSPS) is 13.8. The number of rotatable bonds is 6. The van der Waals surface area contributed by atoms with Gasteiger partial charge in [-0.3, -0.25) is 14.3 Å². The van der Waals surface area contributed by atoms with Crippen LogP contribution in [0.25, 0.3) is 11.4 Å². The number of hydrogen-bond donors (Lipinski definition) is 1. The van der Waals surface area contributed by atoms with Gasteiger partial charge in [0.05, 0.1) is 6.54 Å². The van der Waals surface area contributed by atoms with Gasteiger partial charge in [-0.2, -0.15) is 11.3 Å². The van der Waals surface area contributed by atoms with Crippen LogP contribution < -0.4 is 11.0 Å². The fraction of sp³-hybridized carbons (Fsp3) is 0.294. The molecule has 128 valence electrons. The Morgan fingerprint density at radius 2 is 2.24 bits per heavy atom. The topological polar surface area (TPSA) is 81.8 Å². The Labute approximate surface area is 147 Å². The molecule has 0 aliphatic heterocycles. The summed E-state index contributed by atoms with van der Waals surface area (Å²) in [5.41, 5.74) is 1.33. The summed E-state index contributed by atoms with van der Waals surface area (Å²) in [5, 5.41) is 11.0. The number of carbonyl (C=O) groups excluding carboxylic acids is 1. The van der Waals surface area contributed by atoms with E-state index in [2.05, 4.69) is 15.4 Å². The molecule has 0 saturated heterocycles. The van der Waals surface area contributed by atoms with Crippen LogP contribution in [-0.2, 0) is 6.54 Å². The smallest absolute Gasteiger partial charge is 0.346 e. The Bertz CT molecular complexity index is 926. The zero-order chi connectivity index (χ0) is 17.2. The fourth-order valence-electron chi connectivity index (χ4n) is 2.69. The average Bonchev–Trinajstić information content (AvgIpc) is 3.20. The molecule has 8 heteroatoms. The summed E-state index contributed by atoms with van der Waals surface area (Å²) in [6, 6.07) is 5.72. The Kier molecular flexibility index (Phi) is 4.19. The van der Waals surface area contributed by atoms with E-state index in [-0.39, 0.29) is 17.6 Å². The molecule has 0 bridgehead atoms. The van der Waals surface area contributed by atoms with Gasteiger partial charge in [0, 0.05) is 41.5 Å². The lowest BCUT2D eigenvalue weighted by molar-refractivity contribution is 0.0952. The molecule has 1 aliphatic rings. The molecule has 4 rings (SSSR count). The van der Waals surface area contributed by atoms with Gasteiger partial charge in [-0.05, 0) is 36.4 Å². The van der Waals surface area contributed by atoms with Crippen molar-refractivity contribution in [2.75, 3.05) is 6.54 Å². The Morgan fingerprint density at radius 3 is 2.92 bits per heavy atom. The number of amides is 1. The summed E-state index contributed by atoms with van der Waals surface area (Å²) in [5.74, 6) is 0.508. The number of nitrogens with zero attached hydrogens (tertiary/aromatic N) is 4. The molecular formula is C17H17N5O2S. The highest BCUT2D eigenvalue weighted by molar-refractivity contribution is 7.08. The third-order valence-electron chi connectivity index (χ3n) is 4.09. The van der Waals surface area contributed by atoms with E-state index in [0.717, 1.165) is 18.4 Å². The van der Waals surface area contributed by atoms with Crippen molar-refractivity contribution in [1.29, 1.82) is 0 Å². The SMILES string of the molecule is O=C(NCCn1nc(-c2cccnc2)n(C2CC2)c1=O)c1ccsc1. The summed E-state index contributed by atoms with van der Waals surface area (Å²) in [6.07, 6.45) is 5.39. The molecule has 1 amide bonds. The van der Waals surface area contributed by atoms with Crippen LogP contribution in [0.3, 0.4) is 0 Å². The molecule has 1 saturated carbocycles. The lowest BCUT2D eigenvalue weighted by atomic mass is 10.3. The van der Waals surface area contributed by atoms with Crippen molar-refractivity contribution in [1.82, 2.24) is 24.6 Å². The van der Waals surface area contributed by atoms with Crippen LogP contribution in [0.4, 0.5) is 0 Å². The molecule has 0 unspecified atom stereocenters. The second-order valence-electron chi connectivity index (χ2n) is 5.94. The molecular weight excluding hydrogens is 338 g/mol. The molecule has 25 heavy (non-hydrogen) atoms. The zero-order valence-corrected chi connectivity index (χ0v) is 14.3. The van der Waals surface area contributed by atoms with E-state index in [9.17, 15) is 9.59 Å². The maximum absolute atomic E-state index is 12.7. The number of carbonyl (C=O) groups is 1. The number of pyridine rings is 1. The first-order chi connectivity index (χ1) is 12.2. The van der Waals surface area contributed by atoms with Crippen molar-refractivity contribution in [3.05, 3.63) is 57.4 Å². The maximum atomic E-state index is 12.7. The summed E-state index contributed by atoms with van der Waals surface area (Å²) >= 11 is 1.48. The third-order valence-corrected chi connectivity index (χ3v) is 4.78. The van der Waals surface area contributed by atoms with Crippen LogP contribution in [-0.4, -0.2) is 31.8 Å². The monoisotopic (exact) mass is 355 g/mol. The van der Waals surface area contributed by atoms with E-state index in [1.165, 1.54) is 16.0 Å². The number of hydrogen-bond acceptors (Lipinski definition) is 5. The zero-order valence-electron chi connectivity index (χ0n) is 13.5. The van der Waals surface area contributed by atoms with Gasteiger partial charge in [-0.25, -0.2) is 9.48 Å². The van der Waals surface area contributed by atoms with Crippen LogP contribution in [0.2, 0.25) is 0 Å². The first-order valence-electron chi connectivity index (χ1n) is 8.14. The molecule has 3 aromatic heterocycles. The number of nitrogens with one attached hydrogen (secondary N) is 1. The maximum Gasteiger partial charge on any atom is 0.346 e. The summed E-state index contributed by atoms with van der Waals surface area (Å²) in [4.78, 5) is 28.8. The van der Waals surface area contributed by atoms with Crippen LogP contribution in [0.5, 0.6) is 0 Å². The molecule has 7 nitrogen and oxygen atoms in total. The molecule has 1 aliphatic carbocycles. The van der Waals surface area contributed by atoms with Crippen molar-refractivity contribution >= 4 is 17.2 Å². The fourth-order valence-corrected chi connectivity index (χ4v) is 3.33. The Morgan fingerprint density at radius 1 is 1.36 bits per heavy atom. The van der Waals surface area contributed by atoms with Crippen LogP contribution in [0, 0.1) is 0 Å². The minimum atomic E-state index is -0.136. The van der Waals surface area contributed by atoms with Gasteiger partial charge in [-0.15, -0.1) is 5.10 Å². The molecule has 0 atom stereocenters. The lowest BCUT2D eigenvalue weighted by Crippen LogP contribution is -2.32. The van der Waals surface area contributed by atoms with E-state index in [1.54, 1.807) is 28.4 Å². The minimum Gasteiger partial charge on any atom is -0.350 e. The van der Waals surface area contributed by atoms with Gasteiger partial charge in [0.2, 0.25) is 0 Å². The lowest BCUT2D eigenvalue weighted by Gasteiger charge is -2.03. The molecule has 0 aromatic carbocycles. The molecule has 3 heterocycles. The second kappa shape index (κ2) is 6.64. The highest BCUT2D eigenvalue weighted by Crippen LogP contribution is 2.36. The average molecular weight is 355 g/mol. The van der Waals surface area contributed by atoms with Crippen LogP contribution >= 0.6 is 11.3 Å². The first kappa shape index (κ1) is 15.8. The number of thiophene rings is 1. The highest BCUT2D eigenvalue weighted by Gasteiger charge is 2.30. The minimum absolute atomic E-state index is 0.133. The van der Waals surface area contributed by atoms with Crippen molar-refractivity contribution in [3.8, 4) is 11.4 Å². The van der Waals surface area contributed by atoms with Crippen LogP contribution in [0.1, 0.15) is 29.2 Å². The number of aromatic nitrogens is 4. The van der Waals surface area contributed by atoms with E-state index in [4.69, 9.17) is 0 Å². The van der Waals surface area contributed by atoms with Gasteiger partial charge >= 0.3 is 5.69 Å².